The first-order valence-electron chi connectivity index (χ1n) is 9.97. The summed E-state index contributed by atoms with van der Waals surface area (Å²) in [6.45, 7) is 0. The van der Waals surface area contributed by atoms with Gasteiger partial charge in [0.15, 0.2) is 17.3 Å². The number of nitrogens with one attached hydrogen (secondary N) is 3. The van der Waals surface area contributed by atoms with Gasteiger partial charge in [-0.15, -0.1) is 0 Å². The molecule has 0 aliphatic heterocycles. The van der Waals surface area contributed by atoms with E-state index in [1.165, 1.54) is 0 Å². The fourth-order valence-electron chi connectivity index (χ4n) is 3.92. The molecular formula is C21H24FN7O. The molecule has 1 amide bonds. The Morgan fingerprint density at radius 1 is 1.13 bits per heavy atom. The number of carbonyl (C=O) groups is 1. The van der Waals surface area contributed by atoms with E-state index in [9.17, 15) is 9.18 Å². The zero-order valence-electron chi connectivity index (χ0n) is 16.7. The smallest absolute Gasteiger partial charge is 0.252 e. The number of hydrogen-bond donors (Lipinski definition) is 4. The average Bonchev–Trinajstić information content (AvgIpc) is 2.76. The lowest BCUT2D eigenvalue weighted by Crippen LogP contribution is -2.45. The predicted molar refractivity (Wildman–Crippen MR) is 114 cm³/mol. The van der Waals surface area contributed by atoms with Gasteiger partial charge in [-0.05, 0) is 44.2 Å². The Morgan fingerprint density at radius 2 is 1.90 bits per heavy atom. The number of amides is 1. The van der Waals surface area contributed by atoms with E-state index in [4.69, 9.17) is 5.73 Å². The molecule has 1 fully saturated rings. The number of primary amides is 1. The average molecular weight is 409 g/mol. The van der Waals surface area contributed by atoms with E-state index in [1.54, 1.807) is 24.5 Å². The molecule has 1 saturated carbocycles. The highest BCUT2D eigenvalue weighted by Gasteiger charge is 2.26. The summed E-state index contributed by atoms with van der Waals surface area (Å²) in [5.74, 6) is -1.11. The second-order valence-electron chi connectivity index (χ2n) is 7.37. The third kappa shape index (κ3) is 4.02. The number of anilines is 3. The highest BCUT2D eigenvalue weighted by atomic mass is 19.1. The summed E-state index contributed by atoms with van der Waals surface area (Å²) in [5.41, 5.74) is 6.65. The molecule has 9 heteroatoms. The van der Waals surface area contributed by atoms with Crippen LogP contribution in [0.5, 0.6) is 0 Å². The Bertz CT molecular complexity index is 1070. The highest BCUT2D eigenvalue weighted by Crippen LogP contribution is 2.29. The summed E-state index contributed by atoms with van der Waals surface area (Å²) in [4.78, 5) is 24.8. The van der Waals surface area contributed by atoms with Crippen LogP contribution in [-0.2, 0) is 0 Å². The molecule has 3 heterocycles. The standard InChI is InChI=1S/C21H24FN7O/c1-24-16-6-2-3-7-17(16)28-21-14(22)11-13(18(23)30)20(29-21)27-15-8-10-26-19-12(15)5-4-9-25-19/h4-5,8-11,16-17,24H,2-3,6-7H2,1H3,(H2,23,30)(H2,25,26,27,28,29). The molecule has 2 atom stereocenters. The number of pyridine rings is 3. The largest absolute Gasteiger partial charge is 0.365 e. The van der Waals surface area contributed by atoms with E-state index in [1.807, 2.05) is 13.1 Å². The molecule has 5 N–H and O–H groups in total. The van der Waals surface area contributed by atoms with Crippen molar-refractivity contribution in [3.05, 3.63) is 48.0 Å². The first kappa shape index (κ1) is 20.0. The lowest BCUT2D eigenvalue weighted by Gasteiger charge is -2.32. The van der Waals surface area contributed by atoms with Crippen LogP contribution in [0.2, 0.25) is 0 Å². The van der Waals surface area contributed by atoms with E-state index in [2.05, 4.69) is 30.9 Å². The van der Waals surface area contributed by atoms with Gasteiger partial charge in [0.25, 0.3) is 5.91 Å². The molecule has 0 saturated heterocycles. The van der Waals surface area contributed by atoms with Gasteiger partial charge in [0.2, 0.25) is 0 Å². The minimum Gasteiger partial charge on any atom is -0.365 e. The maximum Gasteiger partial charge on any atom is 0.252 e. The third-order valence-electron chi connectivity index (χ3n) is 5.47. The summed E-state index contributed by atoms with van der Waals surface area (Å²) < 4.78 is 14.8. The number of halogens is 1. The molecule has 0 spiro atoms. The van der Waals surface area contributed by atoms with Gasteiger partial charge in [0.05, 0.1) is 11.3 Å². The molecular weight excluding hydrogens is 385 g/mol. The van der Waals surface area contributed by atoms with Crippen LogP contribution in [0.4, 0.5) is 21.7 Å². The Kier molecular flexibility index (Phi) is 5.71. The van der Waals surface area contributed by atoms with Crippen molar-refractivity contribution in [3.8, 4) is 0 Å². The molecule has 0 bridgehead atoms. The zero-order chi connectivity index (χ0) is 21.1. The van der Waals surface area contributed by atoms with Crippen LogP contribution in [0.1, 0.15) is 36.0 Å². The van der Waals surface area contributed by atoms with Gasteiger partial charge < -0.3 is 21.7 Å². The maximum atomic E-state index is 14.8. The van der Waals surface area contributed by atoms with Crippen LogP contribution < -0.4 is 21.7 Å². The second-order valence-corrected chi connectivity index (χ2v) is 7.37. The molecule has 8 nitrogen and oxygen atoms in total. The zero-order valence-corrected chi connectivity index (χ0v) is 16.7. The molecule has 3 aromatic heterocycles. The number of nitrogens with zero attached hydrogens (tertiary/aromatic N) is 3. The van der Waals surface area contributed by atoms with Crippen LogP contribution in [-0.4, -0.2) is 40.0 Å². The van der Waals surface area contributed by atoms with E-state index in [-0.39, 0.29) is 29.3 Å². The van der Waals surface area contributed by atoms with E-state index >= 15 is 0 Å². The van der Waals surface area contributed by atoms with Crippen LogP contribution in [0.3, 0.4) is 0 Å². The van der Waals surface area contributed by atoms with E-state index in [0.717, 1.165) is 37.1 Å². The number of hydrogen-bond acceptors (Lipinski definition) is 7. The number of likely N-dealkylation sites (N-methyl/N-ethyl adjacent to an activating group) is 1. The summed E-state index contributed by atoms with van der Waals surface area (Å²) >= 11 is 0. The molecule has 2 unspecified atom stereocenters. The number of rotatable bonds is 6. The Balaban J connectivity index is 1.71. The van der Waals surface area contributed by atoms with Crippen molar-refractivity contribution in [1.82, 2.24) is 20.3 Å². The third-order valence-corrected chi connectivity index (χ3v) is 5.47. The van der Waals surface area contributed by atoms with Crippen molar-refractivity contribution in [2.75, 3.05) is 17.7 Å². The topological polar surface area (TPSA) is 118 Å². The van der Waals surface area contributed by atoms with E-state index < -0.39 is 11.7 Å². The highest BCUT2D eigenvalue weighted by molar-refractivity contribution is 6.00. The fourth-order valence-corrected chi connectivity index (χ4v) is 3.92. The lowest BCUT2D eigenvalue weighted by atomic mass is 9.90. The second kappa shape index (κ2) is 8.58. The van der Waals surface area contributed by atoms with Gasteiger partial charge in [-0.2, -0.15) is 0 Å². The van der Waals surface area contributed by atoms with Gasteiger partial charge in [-0.1, -0.05) is 12.8 Å². The number of nitrogens with two attached hydrogens (primary N) is 1. The first-order valence-corrected chi connectivity index (χ1v) is 9.97. The molecule has 0 radical (unpaired) electrons. The van der Waals surface area contributed by atoms with Crippen molar-refractivity contribution in [2.45, 2.75) is 37.8 Å². The molecule has 30 heavy (non-hydrogen) atoms. The molecule has 156 valence electrons. The quantitative estimate of drug-likeness (QED) is 0.494. The summed E-state index contributed by atoms with van der Waals surface area (Å²) in [7, 11) is 1.90. The van der Waals surface area contributed by atoms with Crippen molar-refractivity contribution in [2.24, 2.45) is 5.73 Å². The van der Waals surface area contributed by atoms with Gasteiger partial charge in [0.1, 0.15) is 5.82 Å². The molecule has 1 aliphatic carbocycles. The molecule has 1 aliphatic rings. The molecule has 0 aromatic carbocycles. The minimum atomic E-state index is -0.766. The van der Waals surface area contributed by atoms with Crippen LogP contribution in [0.15, 0.2) is 36.7 Å². The van der Waals surface area contributed by atoms with Gasteiger partial charge >= 0.3 is 0 Å². The van der Waals surface area contributed by atoms with E-state index in [0.29, 0.717) is 11.3 Å². The summed E-state index contributed by atoms with van der Waals surface area (Å²) in [6, 6.07) is 6.77. The summed E-state index contributed by atoms with van der Waals surface area (Å²) in [5, 5.41) is 10.4. The van der Waals surface area contributed by atoms with Gasteiger partial charge in [-0.3, -0.25) is 4.79 Å². The number of fused-ring (bicyclic) bond motifs is 1. The van der Waals surface area contributed by atoms with Crippen LogP contribution >= 0.6 is 0 Å². The summed E-state index contributed by atoms with van der Waals surface area (Å²) in [6.07, 6.45) is 7.37. The number of carbonyl (C=O) groups excluding carboxylic acids is 1. The first-order chi connectivity index (χ1) is 14.6. The molecule has 3 aromatic rings. The minimum absolute atomic E-state index is 0.0271. The maximum absolute atomic E-state index is 14.8. The van der Waals surface area contributed by atoms with Crippen LogP contribution in [0, 0.1) is 5.82 Å². The van der Waals surface area contributed by atoms with Gasteiger partial charge in [0, 0.05) is 29.9 Å². The van der Waals surface area contributed by atoms with Crippen LogP contribution in [0.25, 0.3) is 11.0 Å². The Hall–Kier alpha value is -3.33. The van der Waals surface area contributed by atoms with Crippen molar-refractivity contribution in [3.63, 3.8) is 0 Å². The van der Waals surface area contributed by atoms with Gasteiger partial charge in [-0.25, -0.2) is 19.3 Å². The lowest BCUT2D eigenvalue weighted by molar-refractivity contribution is 0.100. The monoisotopic (exact) mass is 409 g/mol. The Labute approximate surface area is 173 Å². The normalized spacial score (nSPS) is 18.9. The molecule has 4 rings (SSSR count). The Morgan fingerprint density at radius 3 is 2.67 bits per heavy atom. The number of aromatic nitrogens is 3. The van der Waals surface area contributed by atoms with Crippen molar-refractivity contribution in [1.29, 1.82) is 0 Å². The fraction of sp³-hybridized carbons (Fsp3) is 0.333. The van der Waals surface area contributed by atoms with Crippen molar-refractivity contribution >= 4 is 34.3 Å². The predicted octanol–water partition coefficient (Wildman–Crippen LogP) is 2.95. The van der Waals surface area contributed by atoms with Crippen molar-refractivity contribution < 1.29 is 9.18 Å². The SMILES string of the molecule is CNC1CCCCC1Nc1nc(Nc2ccnc3ncccc23)c(C(N)=O)cc1F.